The molecule has 0 radical (unpaired) electrons. The summed E-state index contributed by atoms with van der Waals surface area (Å²) in [6, 6.07) is 8.98. The maximum absolute atomic E-state index is 8.35. The fraction of sp³-hybridized carbons (Fsp3) is 0.273. The van der Waals surface area contributed by atoms with Gasteiger partial charge in [-0.2, -0.15) is 1.37 Å². The van der Waals surface area contributed by atoms with Crippen LogP contribution in [0.5, 0.6) is 0 Å². The van der Waals surface area contributed by atoms with E-state index >= 15 is 0 Å². The van der Waals surface area contributed by atoms with Crippen LogP contribution >= 0.6 is 9.69 Å². The van der Waals surface area contributed by atoms with Gasteiger partial charge in [-0.1, -0.05) is 35.4 Å². The van der Waals surface area contributed by atoms with Gasteiger partial charge in [0.2, 0.25) is 0 Å². The van der Waals surface area contributed by atoms with E-state index < -0.39 is 0 Å². The summed E-state index contributed by atoms with van der Waals surface area (Å²) in [5.41, 5.74) is 10.4. The predicted molar refractivity (Wildman–Crippen MR) is 112 cm³/mol. The van der Waals surface area contributed by atoms with Crippen molar-refractivity contribution >= 4 is 27.8 Å². The van der Waals surface area contributed by atoms with Crippen LogP contribution < -0.4 is 9.80 Å². The SMILES string of the molecule is Cc1cc(C)c(N2C=CN(c3c(C)cc(C)cc3C)[CH-]2)c(C)c1.[2H][C-]=O.[Cl][Rh+2]. The Morgan fingerprint density at radius 1 is 0.815 bits per heavy atom. The molecule has 0 aromatic heterocycles. The zero-order valence-electron chi connectivity index (χ0n) is 17.6. The molecule has 0 amide bonds. The molecule has 0 unspecified atom stereocenters. The molecule has 0 fully saturated rings. The number of aryl methyl sites for hydroxylation is 6. The number of hydrogen-bond donors (Lipinski definition) is 0. The van der Waals surface area contributed by atoms with Crippen molar-refractivity contribution in [2.24, 2.45) is 0 Å². The first kappa shape index (κ1) is 21.7. The second-order valence-electron chi connectivity index (χ2n) is 6.72. The van der Waals surface area contributed by atoms with Crippen molar-refractivity contribution in [1.82, 2.24) is 0 Å². The Kier molecular flexibility index (Phi) is 8.53. The molecule has 0 spiro atoms. The van der Waals surface area contributed by atoms with E-state index in [-0.39, 0.29) is 0 Å². The van der Waals surface area contributed by atoms with E-state index in [9.17, 15) is 0 Å². The molecule has 1 aliphatic rings. The molecule has 0 saturated carbocycles. The molecule has 0 atom stereocenters. The molecule has 27 heavy (non-hydrogen) atoms. The van der Waals surface area contributed by atoms with E-state index in [0.29, 0.717) is 0 Å². The first-order valence-electron chi connectivity index (χ1n) is 8.95. The van der Waals surface area contributed by atoms with Crippen LogP contribution in [-0.2, 0) is 22.1 Å². The minimum atomic E-state index is 0.750. The van der Waals surface area contributed by atoms with Crippen LogP contribution in [0.1, 0.15) is 34.8 Å². The summed E-state index contributed by atoms with van der Waals surface area (Å²) in [5, 5.41) is 0. The van der Waals surface area contributed by atoms with E-state index in [1.807, 2.05) is 17.3 Å². The Labute approximate surface area is 179 Å². The van der Waals surface area contributed by atoms with Crippen LogP contribution in [0.15, 0.2) is 36.7 Å². The van der Waals surface area contributed by atoms with Gasteiger partial charge in [0.05, 0.1) is 0 Å². The summed E-state index contributed by atoms with van der Waals surface area (Å²) in [7, 11) is 4.53. The average Bonchev–Trinajstić information content (AvgIpc) is 3.04. The molecule has 1 heterocycles. The molecule has 3 rings (SSSR count). The summed E-state index contributed by atoms with van der Waals surface area (Å²) < 4.78 is 5.40. The predicted octanol–water partition coefficient (Wildman–Crippen LogP) is 5.87. The summed E-state index contributed by atoms with van der Waals surface area (Å²) in [6.07, 6.45) is 4.28. The molecule has 0 aliphatic carbocycles. The van der Waals surface area contributed by atoms with Gasteiger partial charge in [0, 0.05) is 11.4 Å². The normalized spacial score (nSPS) is 12.7. The van der Waals surface area contributed by atoms with Crippen LogP contribution in [0.3, 0.4) is 0 Å². The maximum atomic E-state index is 8.35. The average molecular weight is 474 g/mol. The van der Waals surface area contributed by atoms with E-state index in [2.05, 4.69) is 104 Å². The Bertz CT molecular complexity index is 743. The number of rotatable bonds is 2. The van der Waals surface area contributed by atoms with E-state index in [0.717, 1.165) is 6.77 Å². The standard InChI is InChI=1S/C21H25N2.CHO.ClH.Rh/c1-14-9-16(3)20(17(4)10-14)22-7-8-23(13-22)21-18(5)11-15(2)12-19(21)6;1-2;;/h7-13H,1-6H3;1H;1H;/q2*-1;;+3/p-1/i;1D;;. The Morgan fingerprint density at radius 3 is 1.33 bits per heavy atom. The van der Waals surface area contributed by atoms with Crippen LogP contribution in [0.4, 0.5) is 11.4 Å². The van der Waals surface area contributed by atoms with Crippen LogP contribution in [0.2, 0.25) is 0 Å². The van der Waals surface area contributed by atoms with Crippen LogP contribution in [0.25, 0.3) is 0 Å². The van der Waals surface area contributed by atoms with Gasteiger partial charge in [-0.15, -0.1) is 6.67 Å². The molecule has 0 saturated heterocycles. The van der Waals surface area contributed by atoms with Gasteiger partial charge in [0.1, 0.15) is 0 Å². The quantitative estimate of drug-likeness (QED) is 0.310. The number of nitrogens with zero attached hydrogens (tertiary/aromatic N) is 2. The summed E-state index contributed by atoms with van der Waals surface area (Å²) >= 11 is 2.02. The van der Waals surface area contributed by atoms with Gasteiger partial charge < -0.3 is 14.6 Å². The fourth-order valence-electron chi connectivity index (χ4n) is 3.78. The summed E-state index contributed by atoms with van der Waals surface area (Å²) in [5.74, 6) is 0. The molecule has 146 valence electrons. The van der Waals surface area contributed by atoms with Crippen molar-refractivity contribution in [3.63, 3.8) is 0 Å². The Morgan fingerprint density at radius 2 is 1.07 bits per heavy atom. The van der Waals surface area contributed by atoms with Crippen LogP contribution in [-0.4, -0.2) is 6.77 Å². The monoisotopic (exact) mass is 473 g/mol. The third-order valence-corrected chi connectivity index (χ3v) is 4.42. The number of halogens is 1. The van der Waals surface area contributed by atoms with Crippen molar-refractivity contribution < 1.29 is 23.5 Å². The van der Waals surface area contributed by atoms with Crippen molar-refractivity contribution in [2.45, 2.75) is 41.5 Å². The number of hydrogen-bond acceptors (Lipinski definition) is 3. The number of anilines is 2. The first-order valence-corrected chi connectivity index (χ1v) is 10.6. The van der Waals surface area contributed by atoms with Gasteiger partial charge in [0.25, 0.3) is 0 Å². The molecule has 0 N–H and O–H groups in total. The molecule has 5 heteroatoms. The van der Waals surface area contributed by atoms with Crippen molar-refractivity contribution in [1.29, 1.82) is 0 Å². The van der Waals surface area contributed by atoms with E-state index in [4.69, 9.17) is 6.17 Å². The van der Waals surface area contributed by atoms with Gasteiger partial charge in [-0.25, -0.2) is 0 Å². The van der Waals surface area contributed by atoms with Crippen molar-refractivity contribution in [3.8, 4) is 0 Å². The van der Waals surface area contributed by atoms with Crippen molar-refractivity contribution in [2.75, 3.05) is 9.80 Å². The molecule has 3 nitrogen and oxygen atoms in total. The summed E-state index contributed by atoms with van der Waals surface area (Å²) in [4.78, 5) is 12.8. The molecular formula is C22H26ClN2ORh. The molecule has 1 aliphatic heterocycles. The van der Waals surface area contributed by atoms with Crippen LogP contribution in [0, 0.1) is 48.2 Å². The fourth-order valence-corrected chi connectivity index (χ4v) is 3.78. The molecule has 2 aromatic rings. The van der Waals surface area contributed by atoms with Crippen molar-refractivity contribution in [3.05, 3.63) is 76.7 Å². The second-order valence-corrected chi connectivity index (χ2v) is 6.72. The Balaban J connectivity index is 0.000000717. The minimum absolute atomic E-state index is 0.750. The van der Waals surface area contributed by atoms with Gasteiger partial charge >= 0.3 is 27.0 Å². The topological polar surface area (TPSA) is 23.6 Å². The molecule has 0 bridgehead atoms. The third kappa shape index (κ3) is 5.43. The first-order chi connectivity index (χ1) is 13.3. The zero-order valence-corrected chi connectivity index (χ0v) is 19.0. The van der Waals surface area contributed by atoms with Gasteiger partial charge in [-0.05, 0) is 76.2 Å². The Hall–Kier alpha value is -1.64. The molecular weight excluding hydrogens is 447 g/mol. The van der Waals surface area contributed by atoms with Gasteiger partial charge in [0.15, 0.2) is 0 Å². The van der Waals surface area contributed by atoms with Gasteiger partial charge in [-0.3, -0.25) is 6.77 Å². The molecule has 2 aromatic carbocycles. The summed E-state index contributed by atoms with van der Waals surface area (Å²) in [6.45, 7) is 16.0. The zero-order chi connectivity index (χ0) is 21.4. The third-order valence-electron chi connectivity index (χ3n) is 4.42. The number of benzene rings is 2. The number of carbonyl (C=O) groups excluding carboxylic acids is 1. The van der Waals surface area contributed by atoms with E-state index in [1.54, 1.807) is 0 Å². The van der Waals surface area contributed by atoms with E-state index in [1.165, 1.54) is 44.8 Å². The second kappa shape index (κ2) is 10.6.